The lowest BCUT2D eigenvalue weighted by Gasteiger charge is -2.25. The van der Waals surface area contributed by atoms with Crippen molar-refractivity contribution in [3.8, 4) is 12.1 Å². The van der Waals surface area contributed by atoms with Crippen molar-refractivity contribution in [2.45, 2.75) is 12.1 Å². The molecule has 292 valence electrons. The van der Waals surface area contributed by atoms with Crippen LogP contribution in [-0.4, -0.2) is 0 Å². The molecule has 4 heteroatoms. The Kier molecular flexibility index (Phi) is 10.2. The number of para-hydroxylation sites is 2. The van der Waals surface area contributed by atoms with E-state index < -0.39 is 0 Å². The lowest BCUT2D eigenvalue weighted by Crippen LogP contribution is -2.09. The lowest BCUT2D eigenvalue weighted by atomic mass is 9.90. The Morgan fingerprint density at radius 3 is 1.15 bits per heavy atom. The van der Waals surface area contributed by atoms with Gasteiger partial charge in [-0.3, -0.25) is 0 Å². The van der Waals surface area contributed by atoms with E-state index in [9.17, 15) is 10.5 Å². The molecule has 0 N–H and O–H groups in total. The second-order valence-electron chi connectivity index (χ2n) is 15.6. The highest BCUT2D eigenvalue weighted by atomic mass is 15.4. The topological polar surface area (TPSA) is 53.8 Å². The predicted octanol–water partition coefficient (Wildman–Crippen LogP) is 14.8. The summed E-state index contributed by atoms with van der Waals surface area (Å²) in [5.41, 5.74) is 12.2. The molecule has 9 aromatic carbocycles. The van der Waals surface area contributed by atoms with Gasteiger partial charge in [-0.2, -0.15) is 10.5 Å². The summed E-state index contributed by atoms with van der Waals surface area (Å²) < 4.78 is 0. The van der Waals surface area contributed by atoms with Crippen LogP contribution in [0, 0.1) is 22.7 Å². The number of nitriles is 2. The van der Waals surface area contributed by atoms with Crippen LogP contribution in [0.25, 0.3) is 45.8 Å². The van der Waals surface area contributed by atoms with Crippen LogP contribution in [-0.2, 0) is 0 Å². The van der Waals surface area contributed by atoms with Crippen LogP contribution in [0.1, 0.15) is 56.6 Å². The van der Waals surface area contributed by atoms with E-state index in [4.69, 9.17) is 0 Å². The first-order valence-electron chi connectivity index (χ1n) is 20.9. The van der Waals surface area contributed by atoms with E-state index in [2.05, 4.69) is 204 Å². The molecule has 0 aromatic heterocycles. The fourth-order valence-corrected chi connectivity index (χ4v) is 8.73. The Hall–Kier alpha value is -8.44. The summed E-state index contributed by atoms with van der Waals surface area (Å²) in [6, 6.07) is 76.9. The zero-order valence-corrected chi connectivity index (χ0v) is 33.9. The van der Waals surface area contributed by atoms with Crippen LogP contribution in [0.2, 0.25) is 0 Å². The van der Waals surface area contributed by atoms with Crippen molar-refractivity contribution in [2.24, 2.45) is 0 Å². The number of hydrogen-bond acceptors (Lipinski definition) is 4. The Balaban J connectivity index is 0.893. The lowest BCUT2D eigenvalue weighted by molar-refractivity contribution is 1.03. The number of anilines is 4. The van der Waals surface area contributed by atoms with Crippen LogP contribution in [0.15, 0.2) is 206 Å². The molecule has 1 aliphatic rings. The minimum Gasteiger partial charge on any atom is -0.353 e. The molecule has 4 nitrogen and oxygen atoms in total. The Morgan fingerprint density at radius 1 is 0.371 bits per heavy atom. The molecule has 1 unspecified atom stereocenters. The number of nitrogens with zero attached hydrogens (tertiary/aromatic N) is 4. The molecule has 0 amide bonds. The molecule has 1 fully saturated rings. The van der Waals surface area contributed by atoms with Gasteiger partial charge in [0.2, 0.25) is 0 Å². The van der Waals surface area contributed by atoms with E-state index in [-0.39, 0.29) is 0 Å². The molecule has 62 heavy (non-hydrogen) atoms. The van der Waals surface area contributed by atoms with E-state index in [1.807, 2.05) is 48.5 Å². The highest BCUT2D eigenvalue weighted by molar-refractivity contribution is 6.10. The van der Waals surface area contributed by atoms with Crippen LogP contribution in [0.4, 0.5) is 22.7 Å². The molecule has 0 spiro atoms. The van der Waals surface area contributed by atoms with Gasteiger partial charge in [0.05, 0.1) is 23.2 Å². The third kappa shape index (κ3) is 7.39. The molecule has 9 aromatic rings. The number of hydrogen-bond donors (Lipinski definition) is 0. The zero-order valence-electron chi connectivity index (χ0n) is 33.9. The van der Waals surface area contributed by atoms with Gasteiger partial charge in [-0.05, 0) is 94.0 Å². The molecular weight excluding hydrogens is 753 g/mol. The molecule has 0 saturated carbocycles. The van der Waals surface area contributed by atoms with Crippen molar-refractivity contribution < 1.29 is 0 Å². The van der Waals surface area contributed by atoms with E-state index >= 15 is 0 Å². The summed E-state index contributed by atoms with van der Waals surface area (Å²) in [4.78, 5) is 4.72. The minimum absolute atomic E-state index is 0.297. The van der Waals surface area contributed by atoms with Crippen LogP contribution < -0.4 is 9.80 Å². The normalized spacial score (nSPS) is 14.6. The van der Waals surface area contributed by atoms with Crippen molar-refractivity contribution in [1.82, 2.24) is 0 Å². The number of fused-ring (bicyclic) bond motifs is 2. The van der Waals surface area contributed by atoms with Crippen LogP contribution in [0.5, 0.6) is 0 Å². The SMILES string of the molecule is N#Cc1c2ccc(/C=C/c3ccc(N4C(c5ccccc5)[C@H]4c4ccccc4)cc3)cc2c(C#N)c2ccc(/C=C\c3ccc(N(c4ccccc4)c4ccccc4)cc3)cc12. The highest BCUT2D eigenvalue weighted by Crippen LogP contribution is 2.57. The van der Waals surface area contributed by atoms with Gasteiger partial charge in [0.25, 0.3) is 0 Å². The van der Waals surface area contributed by atoms with E-state index in [0.29, 0.717) is 23.2 Å². The molecular formula is C58H40N4. The van der Waals surface area contributed by atoms with Crippen molar-refractivity contribution in [2.75, 3.05) is 9.80 Å². The standard InChI is InChI=1S/C58H40N4/c59-39-55-52-36-30-44(24-22-42-27-33-50(34-28-42)62-57(45-13-5-1-6-14-45)58(62)46-15-7-2-8-16-46)38-54(52)56(40-60)51-35-29-43(37-53(51)55)23-21-41-25-31-49(32-26-41)61(47-17-9-3-10-18-47)48-19-11-4-12-20-48/h1-38,57-58H/b23-21-,24-22+/t57-,58?,62?/m1/s1. The van der Waals surface area contributed by atoms with E-state index in [1.54, 1.807) is 0 Å². The molecule has 1 aliphatic heterocycles. The predicted molar refractivity (Wildman–Crippen MR) is 257 cm³/mol. The molecule has 10 rings (SSSR count). The maximum atomic E-state index is 10.5. The van der Waals surface area contributed by atoms with Gasteiger partial charge >= 0.3 is 0 Å². The first kappa shape index (κ1) is 37.8. The van der Waals surface area contributed by atoms with Crippen molar-refractivity contribution in [3.05, 3.63) is 251 Å². The summed E-state index contributed by atoms with van der Waals surface area (Å²) in [5, 5.41) is 24.1. The fraction of sp³-hybridized carbons (Fsp3) is 0.0345. The zero-order chi connectivity index (χ0) is 41.8. The summed E-state index contributed by atoms with van der Waals surface area (Å²) in [6.07, 6.45) is 8.31. The van der Waals surface area contributed by atoms with E-state index in [0.717, 1.165) is 60.9 Å². The highest BCUT2D eigenvalue weighted by Gasteiger charge is 2.49. The molecule has 1 saturated heterocycles. The first-order chi connectivity index (χ1) is 30.7. The fourth-order valence-electron chi connectivity index (χ4n) is 8.73. The van der Waals surface area contributed by atoms with Crippen molar-refractivity contribution in [3.63, 3.8) is 0 Å². The summed E-state index contributed by atoms with van der Waals surface area (Å²) in [7, 11) is 0. The van der Waals surface area contributed by atoms with Crippen LogP contribution in [0.3, 0.4) is 0 Å². The molecule has 0 radical (unpaired) electrons. The second kappa shape index (κ2) is 16.7. The maximum absolute atomic E-state index is 10.5. The third-order valence-electron chi connectivity index (χ3n) is 11.8. The van der Waals surface area contributed by atoms with Crippen molar-refractivity contribution in [1.29, 1.82) is 10.5 Å². The summed E-state index contributed by atoms with van der Waals surface area (Å²) >= 11 is 0. The average Bonchev–Trinajstić information content (AvgIpc) is 4.10. The minimum atomic E-state index is 0.297. The summed E-state index contributed by atoms with van der Waals surface area (Å²) in [5.74, 6) is 0. The number of rotatable bonds is 10. The van der Waals surface area contributed by atoms with Crippen molar-refractivity contribution >= 4 is 68.6 Å². The molecule has 0 bridgehead atoms. The summed E-state index contributed by atoms with van der Waals surface area (Å²) in [6.45, 7) is 0. The smallest absolute Gasteiger partial charge is 0.100 e. The Labute approximate surface area is 362 Å². The molecule has 2 atom stereocenters. The average molecular weight is 793 g/mol. The van der Waals surface area contributed by atoms with Gasteiger partial charge in [0.1, 0.15) is 12.1 Å². The molecule has 0 aliphatic carbocycles. The number of benzene rings is 9. The largest absolute Gasteiger partial charge is 0.353 e. The Morgan fingerprint density at radius 2 is 0.726 bits per heavy atom. The maximum Gasteiger partial charge on any atom is 0.100 e. The van der Waals surface area contributed by atoms with Crippen LogP contribution >= 0.6 is 0 Å². The van der Waals surface area contributed by atoms with Gasteiger partial charge in [-0.25, -0.2) is 0 Å². The second-order valence-corrected chi connectivity index (χ2v) is 15.6. The van der Waals surface area contributed by atoms with Gasteiger partial charge in [-0.15, -0.1) is 0 Å². The van der Waals surface area contributed by atoms with Gasteiger partial charge in [0.15, 0.2) is 0 Å². The molecule has 1 heterocycles. The van der Waals surface area contributed by atoms with Gasteiger partial charge in [-0.1, -0.05) is 170 Å². The van der Waals surface area contributed by atoms with Gasteiger partial charge < -0.3 is 9.80 Å². The van der Waals surface area contributed by atoms with Gasteiger partial charge in [0, 0.05) is 44.3 Å². The quantitative estimate of drug-likeness (QED) is 0.0786. The third-order valence-corrected chi connectivity index (χ3v) is 11.8. The van der Waals surface area contributed by atoms with E-state index in [1.165, 1.54) is 16.8 Å². The first-order valence-corrected chi connectivity index (χ1v) is 20.9. The monoisotopic (exact) mass is 792 g/mol. The Bertz CT molecular complexity index is 3100.